The Bertz CT molecular complexity index is 638. The molecule has 0 spiro atoms. The first-order valence-corrected chi connectivity index (χ1v) is 12.6. The Morgan fingerprint density at radius 3 is 2.50 bits per heavy atom. The van der Waals surface area contributed by atoms with Crippen LogP contribution >= 0.6 is 0 Å². The highest BCUT2D eigenvalue weighted by Gasteiger charge is 2.66. The highest BCUT2D eigenvalue weighted by atomic mass is 16.5. The SMILES string of the molecule is COC1CC2CCCC[C@]2(C)[C@H]2CC(OC)[C@]3(C)[C@@H]([C@H](C)CCC(N)=O)CC[C@H]3[C@H]12. The van der Waals surface area contributed by atoms with Crippen LogP contribution in [0.25, 0.3) is 0 Å². The highest BCUT2D eigenvalue weighted by Crippen LogP contribution is 2.69. The first kappa shape index (κ1) is 22.6. The molecule has 0 bridgehead atoms. The van der Waals surface area contributed by atoms with Crippen LogP contribution in [0.15, 0.2) is 0 Å². The van der Waals surface area contributed by atoms with E-state index in [0.29, 0.717) is 53.6 Å². The molecule has 0 aromatic carbocycles. The molecular formula is C26H45NO3. The molecule has 0 saturated heterocycles. The van der Waals surface area contributed by atoms with E-state index in [1.807, 2.05) is 14.2 Å². The van der Waals surface area contributed by atoms with Crippen molar-refractivity contribution < 1.29 is 14.3 Å². The molecule has 172 valence electrons. The lowest BCUT2D eigenvalue weighted by Crippen LogP contribution is -2.62. The molecule has 4 fully saturated rings. The van der Waals surface area contributed by atoms with Gasteiger partial charge in [0.05, 0.1) is 12.2 Å². The molecule has 30 heavy (non-hydrogen) atoms. The zero-order valence-corrected chi connectivity index (χ0v) is 20.0. The number of hydrogen-bond acceptors (Lipinski definition) is 3. The maximum Gasteiger partial charge on any atom is 0.217 e. The molecule has 0 aliphatic heterocycles. The third kappa shape index (κ3) is 3.36. The minimum atomic E-state index is -0.170. The summed E-state index contributed by atoms with van der Waals surface area (Å²) in [5.74, 6) is 3.77. The van der Waals surface area contributed by atoms with Crippen molar-refractivity contribution in [3.05, 3.63) is 0 Å². The van der Waals surface area contributed by atoms with Crippen LogP contribution in [0.4, 0.5) is 0 Å². The highest BCUT2D eigenvalue weighted by molar-refractivity contribution is 5.73. The molecule has 4 rings (SSSR count). The molecule has 10 atom stereocenters. The van der Waals surface area contributed by atoms with Crippen molar-refractivity contribution in [1.29, 1.82) is 0 Å². The number of carbonyl (C=O) groups is 1. The van der Waals surface area contributed by atoms with Crippen molar-refractivity contribution >= 4 is 5.91 Å². The van der Waals surface area contributed by atoms with E-state index in [9.17, 15) is 4.79 Å². The van der Waals surface area contributed by atoms with Crippen molar-refractivity contribution in [1.82, 2.24) is 0 Å². The van der Waals surface area contributed by atoms with Gasteiger partial charge in [-0.05, 0) is 85.9 Å². The fourth-order valence-electron chi connectivity index (χ4n) is 9.31. The van der Waals surface area contributed by atoms with Crippen LogP contribution in [0, 0.1) is 46.3 Å². The van der Waals surface area contributed by atoms with Crippen LogP contribution in [0.2, 0.25) is 0 Å². The van der Waals surface area contributed by atoms with Crippen molar-refractivity contribution in [2.75, 3.05) is 14.2 Å². The van der Waals surface area contributed by atoms with Crippen LogP contribution in [0.1, 0.15) is 85.0 Å². The van der Waals surface area contributed by atoms with Gasteiger partial charge in [-0.3, -0.25) is 4.79 Å². The minimum Gasteiger partial charge on any atom is -0.381 e. The number of fused-ring (bicyclic) bond motifs is 5. The van der Waals surface area contributed by atoms with Gasteiger partial charge in [0.15, 0.2) is 0 Å². The van der Waals surface area contributed by atoms with Gasteiger partial charge in [0.2, 0.25) is 5.91 Å². The predicted molar refractivity (Wildman–Crippen MR) is 120 cm³/mol. The Morgan fingerprint density at radius 1 is 1.07 bits per heavy atom. The average Bonchev–Trinajstić information content (AvgIpc) is 3.08. The third-order valence-electron chi connectivity index (χ3n) is 10.8. The van der Waals surface area contributed by atoms with Crippen LogP contribution in [0.3, 0.4) is 0 Å². The van der Waals surface area contributed by atoms with Gasteiger partial charge < -0.3 is 15.2 Å². The number of ether oxygens (including phenoxy) is 2. The second-order valence-corrected chi connectivity index (χ2v) is 11.7. The summed E-state index contributed by atoms with van der Waals surface area (Å²) < 4.78 is 12.6. The Morgan fingerprint density at radius 2 is 1.83 bits per heavy atom. The fraction of sp³-hybridized carbons (Fsp3) is 0.962. The van der Waals surface area contributed by atoms with E-state index in [1.165, 1.54) is 51.4 Å². The summed E-state index contributed by atoms with van der Waals surface area (Å²) in [6.07, 6.45) is 12.6. The van der Waals surface area contributed by atoms with Crippen LogP contribution in [-0.4, -0.2) is 32.3 Å². The number of amides is 1. The van der Waals surface area contributed by atoms with E-state index in [0.717, 1.165) is 12.3 Å². The van der Waals surface area contributed by atoms with Gasteiger partial charge >= 0.3 is 0 Å². The predicted octanol–water partition coefficient (Wildman–Crippen LogP) is 5.19. The van der Waals surface area contributed by atoms with Gasteiger partial charge in [-0.2, -0.15) is 0 Å². The van der Waals surface area contributed by atoms with Gasteiger partial charge in [-0.1, -0.05) is 33.6 Å². The van der Waals surface area contributed by atoms with E-state index in [-0.39, 0.29) is 11.3 Å². The van der Waals surface area contributed by atoms with Crippen molar-refractivity contribution in [3.8, 4) is 0 Å². The molecule has 2 N–H and O–H groups in total. The van der Waals surface area contributed by atoms with Gasteiger partial charge in [-0.15, -0.1) is 0 Å². The largest absolute Gasteiger partial charge is 0.381 e. The monoisotopic (exact) mass is 419 g/mol. The van der Waals surface area contributed by atoms with Gasteiger partial charge in [0.1, 0.15) is 0 Å². The molecule has 0 aromatic rings. The molecule has 4 nitrogen and oxygen atoms in total. The summed E-state index contributed by atoms with van der Waals surface area (Å²) in [6.45, 7) is 7.47. The molecular weight excluding hydrogens is 374 g/mol. The van der Waals surface area contributed by atoms with Crippen molar-refractivity contribution in [2.45, 2.75) is 97.2 Å². The summed E-state index contributed by atoms with van der Waals surface area (Å²) in [4.78, 5) is 11.4. The quantitative estimate of drug-likeness (QED) is 0.645. The Kier molecular flexibility index (Phi) is 6.31. The number of hydrogen-bond donors (Lipinski definition) is 1. The van der Waals surface area contributed by atoms with E-state index in [4.69, 9.17) is 15.2 Å². The molecule has 0 heterocycles. The van der Waals surface area contributed by atoms with Crippen LogP contribution in [0.5, 0.6) is 0 Å². The summed E-state index contributed by atoms with van der Waals surface area (Å²) in [5, 5.41) is 0. The summed E-state index contributed by atoms with van der Waals surface area (Å²) in [6, 6.07) is 0. The van der Waals surface area contributed by atoms with Crippen molar-refractivity contribution in [3.63, 3.8) is 0 Å². The minimum absolute atomic E-state index is 0.168. The van der Waals surface area contributed by atoms with Gasteiger partial charge in [-0.25, -0.2) is 0 Å². The number of rotatable bonds is 6. The Hall–Kier alpha value is -0.610. The second-order valence-electron chi connectivity index (χ2n) is 11.7. The van der Waals surface area contributed by atoms with E-state index >= 15 is 0 Å². The number of carbonyl (C=O) groups excluding carboxylic acids is 1. The lowest BCUT2D eigenvalue weighted by molar-refractivity contribution is -0.212. The normalized spacial score (nSPS) is 49.0. The standard InChI is InChI=1S/C26H45NO3/c1-16(9-12-23(27)28)18-10-11-19-24-20(15-22(30-5)26(18,19)3)25(2)13-7-6-8-17(25)14-21(24)29-4/h16-22,24H,6-15H2,1-5H3,(H2,27,28)/t16-,17?,18-,19+,20+,21?,22?,24+,25+,26-/m1/s1. The molecule has 3 unspecified atom stereocenters. The smallest absolute Gasteiger partial charge is 0.217 e. The number of primary amides is 1. The molecule has 4 aliphatic rings. The first-order valence-electron chi connectivity index (χ1n) is 12.6. The molecule has 0 aromatic heterocycles. The maximum atomic E-state index is 11.4. The Labute approximate surface area is 184 Å². The maximum absolute atomic E-state index is 11.4. The lowest BCUT2D eigenvalue weighted by atomic mass is 9.43. The van der Waals surface area contributed by atoms with E-state index in [2.05, 4.69) is 20.8 Å². The topological polar surface area (TPSA) is 61.6 Å². The lowest BCUT2D eigenvalue weighted by Gasteiger charge is -2.64. The molecule has 4 aliphatic carbocycles. The van der Waals surface area contributed by atoms with Gasteiger partial charge in [0, 0.05) is 26.1 Å². The fourth-order valence-corrected chi connectivity index (χ4v) is 9.31. The second kappa shape index (κ2) is 8.39. The van der Waals surface area contributed by atoms with Crippen LogP contribution < -0.4 is 5.73 Å². The number of methoxy groups -OCH3 is 2. The van der Waals surface area contributed by atoms with E-state index in [1.54, 1.807) is 0 Å². The molecule has 1 amide bonds. The molecule has 4 heteroatoms. The third-order valence-corrected chi connectivity index (χ3v) is 10.8. The zero-order chi connectivity index (χ0) is 21.7. The molecule has 0 radical (unpaired) electrons. The summed E-state index contributed by atoms with van der Waals surface area (Å²) >= 11 is 0. The summed E-state index contributed by atoms with van der Waals surface area (Å²) in [7, 11) is 3.89. The first-order chi connectivity index (χ1) is 14.3. The van der Waals surface area contributed by atoms with E-state index < -0.39 is 0 Å². The van der Waals surface area contributed by atoms with Gasteiger partial charge in [0.25, 0.3) is 0 Å². The molecule has 4 saturated carbocycles. The zero-order valence-electron chi connectivity index (χ0n) is 20.0. The average molecular weight is 420 g/mol. The van der Waals surface area contributed by atoms with Crippen LogP contribution in [-0.2, 0) is 14.3 Å². The Balaban J connectivity index is 1.67. The van der Waals surface area contributed by atoms with Crippen molar-refractivity contribution in [2.24, 2.45) is 52.1 Å². The number of nitrogens with two attached hydrogens (primary N) is 1. The summed E-state index contributed by atoms with van der Waals surface area (Å²) in [5.41, 5.74) is 6.10.